The van der Waals surface area contributed by atoms with Gasteiger partial charge in [-0.2, -0.15) is 13.2 Å². The van der Waals surface area contributed by atoms with E-state index in [4.69, 9.17) is 0 Å². The van der Waals surface area contributed by atoms with Crippen LogP contribution < -0.4 is 11.0 Å². The molecule has 3 rings (SSSR count). The second-order valence-electron chi connectivity index (χ2n) is 4.61. The van der Waals surface area contributed by atoms with Gasteiger partial charge < -0.3 is 10.3 Å². The molecule has 9 heteroatoms. The number of nitrogens with zero attached hydrogens (tertiary/aromatic N) is 3. The van der Waals surface area contributed by atoms with Crippen LogP contribution in [0.4, 0.5) is 24.7 Å². The Hall–Kier alpha value is -2.84. The highest BCUT2D eigenvalue weighted by Crippen LogP contribution is 2.31. The Morgan fingerprint density at radius 2 is 2.05 bits per heavy atom. The molecule has 22 heavy (non-hydrogen) atoms. The molecule has 0 saturated heterocycles. The molecule has 3 aromatic rings. The van der Waals surface area contributed by atoms with E-state index in [1.54, 1.807) is 0 Å². The number of imidazole rings is 1. The normalized spacial score (nSPS) is 11.8. The van der Waals surface area contributed by atoms with Crippen LogP contribution in [0.1, 0.15) is 5.56 Å². The summed E-state index contributed by atoms with van der Waals surface area (Å²) in [6.07, 6.45) is -3.20. The van der Waals surface area contributed by atoms with Gasteiger partial charge in [0, 0.05) is 12.7 Å². The second-order valence-corrected chi connectivity index (χ2v) is 4.61. The van der Waals surface area contributed by atoms with E-state index >= 15 is 0 Å². The summed E-state index contributed by atoms with van der Waals surface area (Å²) in [5.41, 5.74) is -0.270. The minimum absolute atomic E-state index is 0.208. The van der Waals surface area contributed by atoms with Crippen molar-refractivity contribution in [3.63, 3.8) is 0 Å². The van der Waals surface area contributed by atoms with Crippen LogP contribution in [0.15, 0.2) is 35.4 Å². The van der Waals surface area contributed by atoms with Gasteiger partial charge in [0.25, 0.3) is 0 Å². The molecule has 1 aromatic carbocycles. The van der Waals surface area contributed by atoms with Crippen LogP contribution in [0.5, 0.6) is 0 Å². The SMILES string of the molecule is Cn1c(=O)[nH]c2c(Nc3cccc(C(F)(F)F)c3)ncnc21. The van der Waals surface area contributed by atoms with Gasteiger partial charge in [0.2, 0.25) is 0 Å². The Morgan fingerprint density at radius 3 is 2.77 bits per heavy atom. The quantitative estimate of drug-likeness (QED) is 0.762. The molecule has 0 spiro atoms. The van der Waals surface area contributed by atoms with Gasteiger partial charge >= 0.3 is 11.9 Å². The van der Waals surface area contributed by atoms with Gasteiger partial charge in [0.15, 0.2) is 11.5 Å². The number of aryl methyl sites for hydroxylation is 1. The zero-order chi connectivity index (χ0) is 15.9. The Morgan fingerprint density at radius 1 is 1.27 bits per heavy atom. The van der Waals surface area contributed by atoms with E-state index < -0.39 is 11.7 Å². The molecule has 0 amide bonds. The average molecular weight is 309 g/mol. The fourth-order valence-electron chi connectivity index (χ4n) is 2.04. The summed E-state index contributed by atoms with van der Waals surface area (Å²) in [6.45, 7) is 0. The number of aromatic nitrogens is 4. The number of aromatic amines is 1. The molecule has 0 radical (unpaired) electrons. The van der Waals surface area contributed by atoms with Crippen LogP contribution in [0.3, 0.4) is 0 Å². The van der Waals surface area contributed by atoms with Crippen molar-refractivity contribution in [2.24, 2.45) is 7.05 Å². The molecule has 0 aliphatic heterocycles. The van der Waals surface area contributed by atoms with Crippen LogP contribution in [-0.2, 0) is 13.2 Å². The third kappa shape index (κ3) is 2.41. The van der Waals surface area contributed by atoms with E-state index in [9.17, 15) is 18.0 Å². The number of fused-ring (bicyclic) bond motifs is 1. The highest BCUT2D eigenvalue weighted by atomic mass is 19.4. The maximum atomic E-state index is 12.7. The van der Waals surface area contributed by atoms with Crippen LogP contribution in [0.2, 0.25) is 0 Å². The monoisotopic (exact) mass is 309 g/mol. The standard InChI is InChI=1S/C13H10F3N5O/c1-21-11-9(20-12(21)22)10(17-6-18-11)19-8-4-2-3-7(5-8)13(14,15)16/h2-6H,1H3,(H,20,22)(H,17,18,19). The number of nitrogens with one attached hydrogen (secondary N) is 2. The third-order valence-electron chi connectivity index (χ3n) is 3.13. The Balaban J connectivity index is 2.04. The first-order valence-corrected chi connectivity index (χ1v) is 6.20. The van der Waals surface area contributed by atoms with E-state index in [0.717, 1.165) is 12.1 Å². The van der Waals surface area contributed by atoms with E-state index in [1.807, 2.05) is 0 Å². The fourth-order valence-corrected chi connectivity index (χ4v) is 2.04. The molecule has 0 unspecified atom stereocenters. The first-order chi connectivity index (χ1) is 10.4. The van der Waals surface area contributed by atoms with Crippen molar-refractivity contribution >= 4 is 22.7 Å². The van der Waals surface area contributed by atoms with Crippen molar-refractivity contribution in [1.29, 1.82) is 0 Å². The average Bonchev–Trinajstić information content (AvgIpc) is 2.75. The van der Waals surface area contributed by atoms with Crippen LogP contribution >= 0.6 is 0 Å². The zero-order valence-electron chi connectivity index (χ0n) is 11.3. The molecular weight excluding hydrogens is 299 g/mol. The van der Waals surface area contributed by atoms with Crippen LogP contribution in [0.25, 0.3) is 11.2 Å². The van der Waals surface area contributed by atoms with E-state index in [0.29, 0.717) is 11.2 Å². The lowest BCUT2D eigenvalue weighted by Crippen LogP contribution is -2.12. The number of benzene rings is 1. The van der Waals surface area contributed by atoms with Crippen molar-refractivity contribution in [3.05, 3.63) is 46.6 Å². The Kier molecular flexibility index (Phi) is 3.12. The number of H-pyrrole nitrogens is 1. The molecular formula is C13H10F3N5O. The first kappa shape index (κ1) is 14.1. The topological polar surface area (TPSA) is 75.6 Å². The largest absolute Gasteiger partial charge is 0.416 e. The van der Waals surface area contributed by atoms with Crippen LogP contribution in [0, 0.1) is 0 Å². The predicted molar refractivity (Wildman–Crippen MR) is 73.9 cm³/mol. The van der Waals surface area contributed by atoms with Gasteiger partial charge in [-0.1, -0.05) is 6.07 Å². The third-order valence-corrected chi connectivity index (χ3v) is 3.13. The van der Waals surface area contributed by atoms with E-state index in [-0.39, 0.29) is 17.2 Å². The van der Waals surface area contributed by atoms with Gasteiger partial charge in [-0.15, -0.1) is 0 Å². The number of hydrogen-bond acceptors (Lipinski definition) is 4. The molecule has 0 saturated carbocycles. The summed E-state index contributed by atoms with van der Waals surface area (Å²) >= 11 is 0. The predicted octanol–water partition coefficient (Wildman–Crippen LogP) is 2.42. The van der Waals surface area contributed by atoms with Crippen molar-refractivity contribution in [2.75, 3.05) is 5.32 Å². The molecule has 6 nitrogen and oxygen atoms in total. The maximum Gasteiger partial charge on any atom is 0.416 e. The van der Waals surface area contributed by atoms with E-state index in [2.05, 4.69) is 20.3 Å². The molecule has 114 valence electrons. The van der Waals surface area contributed by atoms with Gasteiger partial charge in [-0.25, -0.2) is 14.8 Å². The summed E-state index contributed by atoms with van der Waals surface area (Å²) in [7, 11) is 1.53. The van der Waals surface area contributed by atoms with Crippen molar-refractivity contribution in [1.82, 2.24) is 19.5 Å². The maximum absolute atomic E-state index is 12.7. The first-order valence-electron chi connectivity index (χ1n) is 6.20. The summed E-state index contributed by atoms with van der Waals surface area (Å²) < 4.78 is 39.4. The van der Waals surface area contributed by atoms with E-state index in [1.165, 1.54) is 30.1 Å². The van der Waals surface area contributed by atoms with Crippen molar-refractivity contribution < 1.29 is 13.2 Å². The fraction of sp³-hybridized carbons (Fsp3) is 0.154. The molecule has 0 aliphatic rings. The number of alkyl halides is 3. The molecule has 0 bridgehead atoms. The smallest absolute Gasteiger partial charge is 0.338 e. The van der Waals surface area contributed by atoms with Crippen molar-refractivity contribution in [3.8, 4) is 0 Å². The number of hydrogen-bond donors (Lipinski definition) is 2. The summed E-state index contributed by atoms with van der Waals surface area (Å²) in [5.74, 6) is 0.224. The minimum atomic E-state index is -4.43. The highest BCUT2D eigenvalue weighted by molar-refractivity contribution is 5.84. The van der Waals surface area contributed by atoms with Crippen LogP contribution in [-0.4, -0.2) is 19.5 Å². The Labute approximate surface area is 121 Å². The molecule has 0 fully saturated rings. The van der Waals surface area contributed by atoms with Gasteiger partial charge in [-0.3, -0.25) is 4.57 Å². The zero-order valence-corrected chi connectivity index (χ0v) is 11.3. The molecule has 2 N–H and O–H groups in total. The minimum Gasteiger partial charge on any atom is -0.338 e. The molecule has 2 aromatic heterocycles. The van der Waals surface area contributed by atoms with Gasteiger partial charge in [0.05, 0.1) is 5.56 Å². The summed E-state index contributed by atoms with van der Waals surface area (Å²) in [6, 6.07) is 4.71. The van der Waals surface area contributed by atoms with Gasteiger partial charge in [-0.05, 0) is 18.2 Å². The second kappa shape index (κ2) is 4.86. The summed E-state index contributed by atoms with van der Waals surface area (Å²) in [5, 5.41) is 2.77. The number of halogens is 3. The van der Waals surface area contributed by atoms with Gasteiger partial charge in [0.1, 0.15) is 11.8 Å². The molecule has 0 atom stereocenters. The molecule has 2 heterocycles. The lowest BCUT2D eigenvalue weighted by atomic mass is 10.2. The molecule has 0 aliphatic carbocycles. The summed E-state index contributed by atoms with van der Waals surface area (Å²) in [4.78, 5) is 22.1. The van der Waals surface area contributed by atoms with Crippen molar-refractivity contribution in [2.45, 2.75) is 6.18 Å². The lowest BCUT2D eigenvalue weighted by Gasteiger charge is -2.10. The lowest BCUT2D eigenvalue weighted by molar-refractivity contribution is -0.137. The number of anilines is 2. The number of rotatable bonds is 2. The highest BCUT2D eigenvalue weighted by Gasteiger charge is 2.30. The Bertz CT molecular complexity index is 897.